The Labute approximate surface area is 163 Å². The standard InChI is InChI=1S/C23H21NO4/c1-17-20(11-13-26-17)23(25)24(12-5-8-18-6-3-2-4-7-18)19-9-10-21-22(16-19)28-15-14-27-21/h2-11,13,16H,12,14-15H2,1H3/b8-5-. The molecule has 0 saturated heterocycles. The number of amides is 1. The lowest BCUT2D eigenvalue weighted by Crippen LogP contribution is -2.31. The number of nitrogens with zero attached hydrogens (tertiary/aromatic N) is 1. The van der Waals surface area contributed by atoms with Gasteiger partial charge in [-0.05, 0) is 30.7 Å². The van der Waals surface area contributed by atoms with Gasteiger partial charge in [0.1, 0.15) is 19.0 Å². The third kappa shape index (κ3) is 3.78. The average molecular weight is 375 g/mol. The molecule has 5 heteroatoms. The first kappa shape index (κ1) is 17.9. The van der Waals surface area contributed by atoms with E-state index in [0.29, 0.717) is 42.6 Å². The molecule has 1 aromatic heterocycles. The maximum Gasteiger partial charge on any atom is 0.262 e. The molecule has 0 fully saturated rings. The Bertz CT molecular complexity index is 991. The number of benzene rings is 2. The maximum absolute atomic E-state index is 13.2. The molecule has 0 N–H and O–H groups in total. The predicted octanol–water partition coefficient (Wildman–Crippen LogP) is 4.72. The number of carbonyl (C=O) groups excluding carboxylic acids is 1. The number of fused-ring (bicyclic) bond motifs is 1. The molecule has 1 aliphatic heterocycles. The van der Waals surface area contributed by atoms with Gasteiger partial charge in [-0.25, -0.2) is 0 Å². The lowest BCUT2D eigenvalue weighted by Gasteiger charge is -2.24. The van der Waals surface area contributed by atoms with Crippen LogP contribution in [0.1, 0.15) is 21.7 Å². The molecule has 0 radical (unpaired) electrons. The fourth-order valence-electron chi connectivity index (χ4n) is 3.12. The SMILES string of the molecule is Cc1occc1C(=O)N(C/C=C\c1ccccc1)c1ccc2c(c1)OCCO2. The van der Waals surface area contributed by atoms with Crippen LogP contribution < -0.4 is 14.4 Å². The van der Waals surface area contributed by atoms with E-state index in [0.717, 1.165) is 11.3 Å². The number of hydrogen-bond acceptors (Lipinski definition) is 4. The van der Waals surface area contributed by atoms with Crippen LogP contribution in [0.5, 0.6) is 11.5 Å². The van der Waals surface area contributed by atoms with Crippen molar-refractivity contribution in [1.29, 1.82) is 0 Å². The minimum Gasteiger partial charge on any atom is -0.486 e. The first-order chi connectivity index (χ1) is 13.7. The van der Waals surface area contributed by atoms with Crippen molar-refractivity contribution in [2.75, 3.05) is 24.7 Å². The molecule has 2 aromatic carbocycles. The van der Waals surface area contributed by atoms with E-state index in [1.165, 1.54) is 6.26 Å². The van der Waals surface area contributed by atoms with Gasteiger partial charge in [0.05, 0.1) is 11.8 Å². The Morgan fingerprint density at radius 2 is 1.82 bits per heavy atom. The zero-order chi connectivity index (χ0) is 19.3. The highest BCUT2D eigenvalue weighted by molar-refractivity contribution is 6.07. The van der Waals surface area contributed by atoms with E-state index < -0.39 is 0 Å². The Morgan fingerprint density at radius 1 is 1.04 bits per heavy atom. The van der Waals surface area contributed by atoms with Crippen molar-refractivity contribution < 1.29 is 18.7 Å². The number of furan rings is 1. The largest absolute Gasteiger partial charge is 0.486 e. The van der Waals surface area contributed by atoms with Crippen LogP contribution in [0, 0.1) is 6.92 Å². The van der Waals surface area contributed by atoms with Gasteiger partial charge >= 0.3 is 0 Å². The van der Waals surface area contributed by atoms with Gasteiger partial charge in [-0.3, -0.25) is 4.79 Å². The van der Waals surface area contributed by atoms with Crippen LogP contribution in [0.25, 0.3) is 6.08 Å². The van der Waals surface area contributed by atoms with Crippen LogP contribution in [0.15, 0.2) is 71.4 Å². The molecule has 1 amide bonds. The van der Waals surface area contributed by atoms with E-state index in [9.17, 15) is 4.79 Å². The van der Waals surface area contributed by atoms with Crippen LogP contribution in [0.3, 0.4) is 0 Å². The summed E-state index contributed by atoms with van der Waals surface area (Å²) in [5.74, 6) is 1.82. The topological polar surface area (TPSA) is 51.9 Å². The van der Waals surface area contributed by atoms with Gasteiger partial charge in [0.2, 0.25) is 0 Å². The number of rotatable bonds is 5. The van der Waals surface area contributed by atoms with Gasteiger partial charge in [-0.2, -0.15) is 0 Å². The summed E-state index contributed by atoms with van der Waals surface area (Å²) in [6.07, 6.45) is 5.50. The van der Waals surface area contributed by atoms with Gasteiger partial charge in [-0.15, -0.1) is 0 Å². The minimum atomic E-state index is -0.124. The number of anilines is 1. The van der Waals surface area contributed by atoms with E-state index >= 15 is 0 Å². The molecule has 0 unspecified atom stereocenters. The second-order valence-corrected chi connectivity index (χ2v) is 6.45. The summed E-state index contributed by atoms with van der Waals surface area (Å²) in [6.45, 7) is 3.23. The first-order valence-corrected chi connectivity index (χ1v) is 9.19. The molecule has 0 saturated carbocycles. The Kier molecular flexibility index (Phi) is 5.15. The summed E-state index contributed by atoms with van der Waals surface area (Å²) in [6, 6.07) is 17.2. The predicted molar refractivity (Wildman–Crippen MR) is 108 cm³/mol. The molecule has 4 rings (SSSR count). The van der Waals surface area contributed by atoms with Crippen molar-refractivity contribution in [3.8, 4) is 11.5 Å². The van der Waals surface area contributed by atoms with Crippen molar-refractivity contribution in [2.24, 2.45) is 0 Å². The summed E-state index contributed by atoms with van der Waals surface area (Å²) >= 11 is 0. The minimum absolute atomic E-state index is 0.124. The highest BCUT2D eigenvalue weighted by Gasteiger charge is 2.22. The van der Waals surface area contributed by atoms with Gasteiger partial charge in [-0.1, -0.05) is 42.5 Å². The van der Waals surface area contributed by atoms with E-state index in [4.69, 9.17) is 13.9 Å². The maximum atomic E-state index is 13.2. The Balaban J connectivity index is 1.64. The molecule has 3 aromatic rings. The van der Waals surface area contributed by atoms with Gasteiger partial charge in [0.15, 0.2) is 11.5 Å². The van der Waals surface area contributed by atoms with Gasteiger partial charge < -0.3 is 18.8 Å². The molecule has 2 heterocycles. The second kappa shape index (κ2) is 8.05. The summed E-state index contributed by atoms with van der Waals surface area (Å²) in [7, 11) is 0. The summed E-state index contributed by atoms with van der Waals surface area (Å²) in [5, 5.41) is 0. The molecule has 1 aliphatic rings. The lowest BCUT2D eigenvalue weighted by atomic mass is 10.1. The highest BCUT2D eigenvalue weighted by atomic mass is 16.6. The van der Waals surface area contributed by atoms with Crippen LogP contribution >= 0.6 is 0 Å². The lowest BCUT2D eigenvalue weighted by molar-refractivity contribution is 0.0988. The second-order valence-electron chi connectivity index (χ2n) is 6.45. The summed E-state index contributed by atoms with van der Waals surface area (Å²) in [4.78, 5) is 14.9. The molecule has 0 atom stereocenters. The zero-order valence-electron chi connectivity index (χ0n) is 15.6. The van der Waals surface area contributed by atoms with Crippen molar-refractivity contribution in [3.63, 3.8) is 0 Å². The number of carbonyl (C=O) groups is 1. The third-order valence-corrected chi connectivity index (χ3v) is 4.57. The molecular weight excluding hydrogens is 354 g/mol. The Morgan fingerprint density at radius 3 is 2.57 bits per heavy atom. The van der Waals surface area contributed by atoms with Crippen LogP contribution in [0.4, 0.5) is 5.69 Å². The summed E-state index contributed by atoms with van der Waals surface area (Å²) in [5.41, 5.74) is 2.37. The zero-order valence-corrected chi connectivity index (χ0v) is 15.6. The highest BCUT2D eigenvalue weighted by Crippen LogP contribution is 2.34. The van der Waals surface area contributed by atoms with Crippen molar-refractivity contribution >= 4 is 17.7 Å². The van der Waals surface area contributed by atoms with Crippen molar-refractivity contribution in [1.82, 2.24) is 0 Å². The monoisotopic (exact) mass is 375 g/mol. The molecule has 0 bridgehead atoms. The van der Waals surface area contributed by atoms with Crippen molar-refractivity contribution in [2.45, 2.75) is 6.92 Å². The van der Waals surface area contributed by atoms with Gasteiger partial charge in [0, 0.05) is 18.3 Å². The molecular formula is C23H21NO4. The molecule has 142 valence electrons. The summed E-state index contributed by atoms with van der Waals surface area (Å²) < 4.78 is 16.6. The fourth-order valence-corrected chi connectivity index (χ4v) is 3.12. The van der Waals surface area contributed by atoms with Gasteiger partial charge in [0.25, 0.3) is 5.91 Å². The molecule has 5 nitrogen and oxygen atoms in total. The molecule has 28 heavy (non-hydrogen) atoms. The third-order valence-electron chi connectivity index (χ3n) is 4.57. The quantitative estimate of drug-likeness (QED) is 0.647. The first-order valence-electron chi connectivity index (χ1n) is 9.19. The number of ether oxygens (including phenoxy) is 2. The number of hydrogen-bond donors (Lipinski definition) is 0. The fraction of sp³-hybridized carbons (Fsp3) is 0.174. The number of aryl methyl sites for hydroxylation is 1. The van der Waals surface area contributed by atoms with E-state index in [2.05, 4.69) is 0 Å². The van der Waals surface area contributed by atoms with Crippen LogP contribution in [0.2, 0.25) is 0 Å². The normalized spacial score (nSPS) is 12.9. The van der Waals surface area contributed by atoms with E-state index in [1.807, 2.05) is 60.7 Å². The average Bonchev–Trinajstić information content (AvgIpc) is 3.17. The smallest absolute Gasteiger partial charge is 0.262 e. The molecule has 0 aliphatic carbocycles. The van der Waals surface area contributed by atoms with E-state index in [-0.39, 0.29) is 5.91 Å². The van der Waals surface area contributed by atoms with E-state index in [1.54, 1.807) is 17.9 Å². The van der Waals surface area contributed by atoms with Crippen molar-refractivity contribution in [3.05, 3.63) is 83.8 Å². The van der Waals surface area contributed by atoms with Crippen LogP contribution in [-0.2, 0) is 0 Å². The molecule has 0 spiro atoms. The van der Waals surface area contributed by atoms with Crippen LogP contribution in [-0.4, -0.2) is 25.7 Å². The Hall–Kier alpha value is -3.47.